The monoisotopic (exact) mass is 382 g/mol. The van der Waals surface area contributed by atoms with E-state index >= 15 is 0 Å². The van der Waals surface area contributed by atoms with Crippen molar-refractivity contribution in [3.63, 3.8) is 0 Å². The third-order valence-corrected chi connectivity index (χ3v) is 3.91. The Hall–Kier alpha value is -1.51. The molecule has 0 aromatic heterocycles. The van der Waals surface area contributed by atoms with Crippen molar-refractivity contribution in [2.24, 2.45) is 0 Å². The summed E-state index contributed by atoms with van der Waals surface area (Å²) in [5.41, 5.74) is -0.0189. The summed E-state index contributed by atoms with van der Waals surface area (Å²) in [5, 5.41) is 48.0. The molecule has 0 spiro atoms. The molecule has 1 saturated heterocycles. The maximum absolute atomic E-state index is 10.7. The summed E-state index contributed by atoms with van der Waals surface area (Å²) < 4.78 is 44.7. The molecule has 0 aliphatic carbocycles. The van der Waals surface area contributed by atoms with Gasteiger partial charge in [0.2, 0.25) is 6.29 Å². The van der Waals surface area contributed by atoms with Crippen molar-refractivity contribution >= 4 is 10.4 Å². The molecule has 5 atom stereocenters. The lowest BCUT2D eigenvalue weighted by Gasteiger charge is -2.39. The summed E-state index contributed by atoms with van der Waals surface area (Å²) in [6.07, 6.45) is -7.61. The number of phenols is 1. The molecule has 25 heavy (non-hydrogen) atoms. The highest BCUT2D eigenvalue weighted by Crippen LogP contribution is 2.29. The number of ether oxygens (including phenoxy) is 2. The van der Waals surface area contributed by atoms with E-state index in [2.05, 4.69) is 4.18 Å². The second-order valence-corrected chi connectivity index (χ2v) is 6.39. The number of aromatic hydroxyl groups is 1. The molecule has 1 aliphatic heterocycles. The number of hydrogen-bond donors (Lipinski definition) is 6. The van der Waals surface area contributed by atoms with Crippen LogP contribution in [0.2, 0.25) is 0 Å². The van der Waals surface area contributed by atoms with Crippen LogP contribution in [0.3, 0.4) is 0 Å². The molecule has 0 saturated carbocycles. The molecule has 1 aromatic carbocycles. The van der Waals surface area contributed by atoms with Gasteiger partial charge in [0, 0.05) is 5.56 Å². The fourth-order valence-electron chi connectivity index (χ4n) is 2.22. The smallest absolute Gasteiger partial charge is 0.397 e. The molecule has 6 N–H and O–H groups in total. The Labute approximate surface area is 142 Å². The molecule has 1 heterocycles. The predicted molar refractivity (Wildman–Crippen MR) is 78.8 cm³/mol. The third-order valence-electron chi connectivity index (χ3n) is 3.50. The first-order chi connectivity index (χ1) is 11.6. The number of phenolic OH excluding ortho intramolecular Hbond substituents is 1. The fourth-order valence-corrected chi connectivity index (χ4v) is 2.50. The van der Waals surface area contributed by atoms with Gasteiger partial charge in [-0.15, -0.1) is 0 Å². The highest BCUT2D eigenvalue weighted by molar-refractivity contribution is 7.80. The zero-order valence-electron chi connectivity index (χ0n) is 12.7. The molecule has 1 aliphatic rings. The molecule has 1 aromatic rings. The molecule has 0 bridgehead atoms. The molecule has 1 fully saturated rings. The van der Waals surface area contributed by atoms with E-state index in [1.807, 2.05) is 0 Å². The SMILES string of the molecule is O=S(=O)(O)OCc1cc(O)ccc1OC1OC(CO)C(O)C(O)C1O. The summed E-state index contributed by atoms with van der Waals surface area (Å²) in [7, 11) is -4.75. The molecular formula is C13H18O11S. The Morgan fingerprint density at radius 3 is 2.40 bits per heavy atom. The highest BCUT2D eigenvalue weighted by atomic mass is 32.3. The van der Waals surface area contributed by atoms with Gasteiger partial charge in [0.05, 0.1) is 13.2 Å². The largest absolute Gasteiger partial charge is 0.508 e. The number of hydrogen-bond acceptors (Lipinski definition) is 10. The minimum atomic E-state index is -4.75. The van der Waals surface area contributed by atoms with E-state index in [0.29, 0.717) is 0 Å². The second kappa shape index (κ2) is 7.80. The summed E-state index contributed by atoms with van der Waals surface area (Å²) in [4.78, 5) is 0. The van der Waals surface area contributed by atoms with Gasteiger partial charge < -0.3 is 35.0 Å². The van der Waals surface area contributed by atoms with Crippen molar-refractivity contribution in [1.82, 2.24) is 0 Å². The van der Waals surface area contributed by atoms with Crippen molar-refractivity contribution in [2.75, 3.05) is 6.61 Å². The lowest BCUT2D eigenvalue weighted by molar-refractivity contribution is -0.277. The average Bonchev–Trinajstić information content (AvgIpc) is 2.54. The minimum absolute atomic E-state index is 0.0189. The molecule has 142 valence electrons. The van der Waals surface area contributed by atoms with E-state index < -0.39 is 54.3 Å². The predicted octanol–water partition coefficient (Wildman–Crippen LogP) is -2.11. The molecule has 0 radical (unpaired) electrons. The van der Waals surface area contributed by atoms with Gasteiger partial charge in [-0.05, 0) is 18.2 Å². The molecule has 12 heteroatoms. The van der Waals surface area contributed by atoms with Crippen molar-refractivity contribution < 1.29 is 52.2 Å². The van der Waals surface area contributed by atoms with Crippen LogP contribution in [0.4, 0.5) is 0 Å². The van der Waals surface area contributed by atoms with E-state index in [-0.39, 0.29) is 17.1 Å². The summed E-state index contributed by atoms with van der Waals surface area (Å²) in [6.45, 7) is -1.35. The van der Waals surface area contributed by atoms with Gasteiger partial charge in [0.1, 0.15) is 35.9 Å². The Morgan fingerprint density at radius 1 is 1.12 bits per heavy atom. The number of aliphatic hydroxyl groups is 4. The van der Waals surface area contributed by atoms with E-state index in [0.717, 1.165) is 6.07 Å². The van der Waals surface area contributed by atoms with E-state index in [1.165, 1.54) is 12.1 Å². The normalized spacial score (nSPS) is 30.2. The number of benzene rings is 1. The lowest BCUT2D eigenvalue weighted by atomic mass is 9.99. The second-order valence-electron chi connectivity index (χ2n) is 5.30. The van der Waals surface area contributed by atoms with Crippen LogP contribution in [-0.4, -0.2) is 75.8 Å². The van der Waals surface area contributed by atoms with E-state index in [1.54, 1.807) is 0 Å². The van der Waals surface area contributed by atoms with Crippen LogP contribution in [0.25, 0.3) is 0 Å². The summed E-state index contributed by atoms with van der Waals surface area (Å²) in [5.74, 6) is -0.346. The Balaban J connectivity index is 2.21. The Bertz CT molecular complexity index is 689. The first-order valence-electron chi connectivity index (χ1n) is 7.03. The maximum Gasteiger partial charge on any atom is 0.397 e. The zero-order valence-corrected chi connectivity index (χ0v) is 13.5. The van der Waals surface area contributed by atoms with Gasteiger partial charge in [-0.25, -0.2) is 4.18 Å². The Kier molecular flexibility index (Phi) is 6.18. The van der Waals surface area contributed by atoms with E-state index in [4.69, 9.17) is 19.1 Å². The third kappa shape index (κ3) is 4.99. The first kappa shape index (κ1) is 19.8. The van der Waals surface area contributed by atoms with Crippen LogP contribution in [0.15, 0.2) is 18.2 Å². The molecule has 2 rings (SSSR count). The first-order valence-corrected chi connectivity index (χ1v) is 8.40. The minimum Gasteiger partial charge on any atom is -0.508 e. The van der Waals surface area contributed by atoms with Crippen molar-refractivity contribution in [3.05, 3.63) is 23.8 Å². The van der Waals surface area contributed by atoms with Crippen LogP contribution in [0, 0.1) is 0 Å². The molecular weight excluding hydrogens is 364 g/mol. The van der Waals surface area contributed by atoms with Gasteiger partial charge in [0.15, 0.2) is 0 Å². The van der Waals surface area contributed by atoms with Crippen LogP contribution >= 0.6 is 0 Å². The van der Waals surface area contributed by atoms with Crippen molar-refractivity contribution in [2.45, 2.75) is 37.3 Å². The molecule has 5 unspecified atom stereocenters. The van der Waals surface area contributed by atoms with Gasteiger partial charge in [-0.3, -0.25) is 4.55 Å². The van der Waals surface area contributed by atoms with Crippen LogP contribution in [0.5, 0.6) is 11.5 Å². The number of rotatable bonds is 6. The van der Waals surface area contributed by atoms with Gasteiger partial charge >= 0.3 is 10.4 Å². The molecule has 11 nitrogen and oxygen atoms in total. The fraction of sp³-hybridized carbons (Fsp3) is 0.538. The van der Waals surface area contributed by atoms with Crippen molar-refractivity contribution in [3.8, 4) is 11.5 Å². The van der Waals surface area contributed by atoms with E-state index in [9.17, 15) is 28.8 Å². The van der Waals surface area contributed by atoms with Gasteiger partial charge in [-0.2, -0.15) is 8.42 Å². The lowest BCUT2D eigenvalue weighted by Crippen LogP contribution is -2.60. The van der Waals surface area contributed by atoms with Gasteiger partial charge in [0.25, 0.3) is 0 Å². The van der Waals surface area contributed by atoms with Crippen LogP contribution in [0.1, 0.15) is 5.56 Å². The van der Waals surface area contributed by atoms with Gasteiger partial charge in [-0.1, -0.05) is 0 Å². The zero-order chi connectivity index (χ0) is 18.8. The standard InChI is InChI=1S/C13H18O11S/c14-4-9-10(16)11(17)12(18)13(24-9)23-8-2-1-7(15)3-6(8)5-22-25(19,20)21/h1-3,9-18H,4-5H2,(H,19,20,21). The maximum atomic E-state index is 10.7. The Morgan fingerprint density at radius 2 is 1.80 bits per heavy atom. The number of aliphatic hydroxyl groups excluding tert-OH is 4. The van der Waals surface area contributed by atoms with Crippen LogP contribution in [-0.2, 0) is 25.9 Å². The van der Waals surface area contributed by atoms with Crippen molar-refractivity contribution in [1.29, 1.82) is 0 Å². The summed E-state index contributed by atoms with van der Waals surface area (Å²) >= 11 is 0. The topological polar surface area (TPSA) is 183 Å². The molecule has 0 amide bonds. The summed E-state index contributed by atoms with van der Waals surface area (Å²) in [6, 6.07) is 3.49. The quantitative estimate of drug-likeness (QED) is 0.296. The van der Waals surface area contributed by atoms with Crippen LogP contribution < -0.4 is 4.74 Å². The highest BCUT2D eigenvalue weighted by Gasteiger charge is 2.44. The average molecular weight is 382 g/mol.